The van der Waals surface area contributed by atoms with E-state index in [2.05, 4.69) is 44.2 Å². The second kappa shape index (κ2) is 11.6. The third-order valence-electron chi connectivity index (χ3n) is 7.41. The van der Waals surface area contributed by atoms with E-state index >= 15 is 0 Å². The van der Waals surface area contributed by atoms with Crippen LogP contribution in [0.5, 0.6) is 5.88 Å². The number of ether oxygens (including phenoxy) is 1. The molecule has 1 unspecified atom stereocenters. The van der Waals surface area contributed by atoms with Crippen LogP contribution >= 0.6 is 0 Å². The Bertz CT molecular complexity index is 1720. The Morgan fingerprint density at radius 1 is 1.02 bits per heavy atom. The van der Waals surface area contributed by atoms with Gasteiger partial charge < -0.3 is 10.5 Å². The molecule has 9 nitrogen and oxygen atoms in total. The standard InChI is InChI=1S/C32H30N8O/c1-2-7-29(39-18-14-24(15-19-39)41-28-20-22(21-33)13-17-35-28)40-31(25-10-6-16-36-30(25)34)38-27-12-11-26(37-32(27)40)23-8-4-3-5-9-23/h2-6,8-13,16-17,20,24,29H,1,7,14-15,18-19H2,(H2,34,36). The number of benzene rings is 1. The quantitative estimate of drug-likeness (QED) is 0.251. The SMILES string of the molecule is C=CCC(N1CCC(Oc2cc(C#N)ccn2)CC1)n1c(-c2cccnc2N)nc2ccc(-c3ccccc3)nc21. The topological polar surface area (TPSA) is 119 Å². The number of hydrogen-bond acceptors (Lipinski definition) is 8. The van der Waals surface area contributed by atoms with Gasteiger partial charge in [-0.3, -0.25) is 9.47 Å². The second-order valence-electron chi connectivity index (χ2n) is 10.00. The van der Waals surface area contributed by atoms with Gasteiger partial charge in [0.15, 0.2) is 5.65 Å². The lowest BCUT2D eigenvalue weighted by Gasteiger charge is -2.38. The van der Waals surface area contributed by atoms with E-state index in [0.717, 1.165) is 59.7 Å². The van der Waals surface area contributed by atoms with E-state index < -0.39 is 0 Å². The van der Waals surface area contributed by atoms with Crippen molar-refractivity contribution in [1.82, 2.24) is 29.4 Å². The molecule has 41 heavy (non-hydrogen) atoms. The summed E-state index contributed by atoms with van der Waals surface area (Å²) in [5, 5.41) is 9.21. The Labute approximate surface area is 238 Å². The second-order valence-corrected chi connectivity index (χ2v) is 10.00. The largest absolute Gasteiger partial charge is 0.474 e. The minimum Gasteiger partial charge on any atom is -0.474 e. The van der Waals surface area contributed by atoms with E-state index in [1.54, 1.807) is 24.5 Å². The van der Waals surface area contributed by atoms with Crippen molar-refractivity contribution in [2.45, 2.75) is 31.5 Å². The molecule has 1 fully saturated rings. The number of nitrogen functional groups attached to an aromatic ring is 1. The molecule has 0 amide bonds. The predicted octanol–water partition coefficient (Wildman–Crippen LogP) is 5.63. The highest BCUT2D eigenvalue weighted by Crippen LogP contribution is 2.35. The molecule has 0 saturated carbocycles. The van der Waals surface area contributed by atoms with Gasteiger partial charge in [-0.1, -0.05) is 36.4 Å². The molecule has 2 N–H and O–H groups in total. The summed E-state index contributed by atoms with van der Waals surface area (Å²) in [7, 11) is 0. The van der Waals surface area contributed by atoms with E-state index in [-0.39, 0.29) is 12.3 Å². The maximum Gasteiger partial charge on any atom is 0.214 e. The summed E-state index contributed by atoms with van der Waals surface area (Å²) in [4.78, 5) is 21.2. The Morgan fingerprint density at radius 2 is 1.85 bits per heavy atom. The number of nitriles is 1. The van der Waals surface area contributed by atoms with Crippen molar-refractivity contribution in [3.63, 3.8) is 0 Å². The average molecular weight is 543 g/mol. The normalized spacial score (nSPS) is 14.9. The first kappa shape index (κ1) is 26.2. The Hall–Kier alpha value is -5.07. The van der Waals surface area contributed by atoms with Gasteiger partial charge in [0, 0.05) is 37.1 Å². The number of imidazole rings is 1. The van der Waals surface area contributed by atoms with Crippen LogP contribution in [-0.4, -0.2) is 48.6 Å². The number of fused-ring (bicyclic) bond motifs is 1. The number of piperidine rings is 1. The molecule has 0 radical (unpaired) electrons. The maximum atomic E-state index is 9.21. The minimum atomic E-state index is -0.0911. The molecule has 1 aliphatic heterocycles. The molecule has 0 bridgehead atoms. The Balaban J connectivity index is 1.37. The maximum absolute atomic E-state index is 9.21. The molecule has 1 aliphatic rings. The number of anilines is 1. The molecule has 6 rings (SSSR count). The monoisotopic (exact) mass is 542 g/mol. The number of likely N-dealkylation sites (tertiary alicyclic amines) is 1. The first-order valence-electron chi connectivity index (χ1n) is 13.7. The average Bonchev–Trinajstić information content (AvgIpc) is 3.39. The van der Waals surface area contributed by atoms with Gasteiger partial charge in [0.2, 0.25) is 5.88 Å². The van der Waals surface area contributed by atoms with Crippen LogP contribution in [0.3, 0.4) is 0 Å². The molecule has 9 heteroatoms. The van der Waals surface area contributed by atoms with Gasteiger partial charge in [-0.25, -0.2) is 19.9 Å². The van der Waals surface area contributed by atoms with Gasteiger partial charge >= 0.3 is 0 Å². The van der Waals surface area contributed by atoms with E-state index in [4.69, 9.17) is 20.4 Å². The minimum absolute atomic E-state index is 0.00727. The lowest BCUT2D eigenvalue weighted by Crippen LogP contribution is -2.42. The third kappa shape index (κ3) is 5.38. The third-order valence-corrected chi connectivity index (χ3v) is 7.41. The van der Waals surface area contributed by atoms with Crippen LogP contribution in [0.25, 0.3) is 33.8 Å². The first-order valence-corrected chi connectivity index (χ1v) is 13.7. The van der Waals surface area contributed by atoms with Crippen LogP contribution < -0.4 is 10.5 Å². The number of nitrogens with zero attached hydrogens (tertiary/aromatic N) is 7. The molecular formula is C32H30N8O. The molecule has 204 valence electrons. The van der Waals surface area contributed by atoms with Crippen LogP contribution in [0.15, 0.2) is 91.8 Å². The highest BCUT2D eigenvalue weighted by molar-refractivity contribution is 5.82. The highest BCUT2D eigenvalue weighted by Gasteiger charge is 2.30. The summed E-state index contributed by atoms with van der Waals surface area (Å²) in [5.74, 6) is 1.63. The fourth-order valence-corrected chi connectivity index (χ4v) is 5.40. The molecule has 0 spiro atoms. The predicted molar refractivity (Wildman–Crippen MR) is 159 cm³/mol. The number of hydrogen-bond donors (Lipinski definition) is 1. The zero-order valence-electron chi connectivity index (χ0n) is 22.6. The van der Waals surface area contributed by atoms with Crippen molar-refractivity contribution in [1.29, 1.82) is 5.26 Å². The van der Waals surface area contributed by atoms with Gasteiger partial charge in [-0.05, 0) is 49.6 Å². The molecule has 5 aromatic rings. The smallest absolute Gasteiger partial charge is 0.214 e. The first-order chi connectivity index (χ1) is 20.1. The molecule has 0 aliphatic carbocycles. The zero-order valence-corrected chi connectivity index (χ0v) is 22.6. The van der Waals surface area contributed by atoms with Crippen LogP contribution in [0.2, 0.25) is 0 Å². The lowest BCUT2D eigenvalue weighted by atomic mass is 10.1. The number of pyridine rings is 3. The Morgan fingerprint density at radius 3 is 2.61 bits per heavy atom. The molecule has 4 aromatic heterocycles. The van der Waals surface area contributed by atoms with Gasteiger partial charge in [0.05, 0.1) is 29.1 Å². The molecule has 1 atom stereocenters. The van der Waals surface area contributed by atoms with Crippen molar-refractivity contribution < 1.29 is 4.74 Å². The van der Waals surface area contributed by atoms with E-state index in [0.29, 0.717) is 23.7 Å². The van der Waals surface area contributed by atoms with Gasteiger partial charge in [-0.15, -0.1) is 6.58 Å². The van der Waals surface area contributed by atoms with Gasteiger partial charge in [0.25, 0.3) is 0 Å². The summed E-state index contributed by atoms with van der Waals surface area (Å²) in [6, 6.07) is 23.5. The van der Waals surface area contributed by atoms with Crippen LogP contribution in [0, 0.1) is 11.3 Å². The van der Waals surface area contributed by atoms with Crippen molar-refractivity contribution in [3.05, 3.63) is 97.3 Å². The molecule has 1 aromatic carbocycles. The van der Waals surface area contributed by atoms with E-state index in [1.165, 1.54) is 0 Å². The van der Waals surface area contributed by atoms with Crippen molar-refractivity contribution in [3.8, 4) is 34.6 Å². The summed E-state index contributed by atoms with van der Waals surface area (Å²) < 4.78 is 8.35. The van der Waals surface area contributed by atoms with E-state index in [1.807, 2.05) is 48.5 Å². The Kier molecular flexibility index (Phi) is 7.39. The summed E-state index contributed by atoms with van der Waals surface area (Å²) in [6.45, 7) is 5.67. The fraction of sp³-hybridized carbons (Fsp3) is 0.219. The lowest BCUT2D eigenvalue weighted by molar-refractivity contribution is 0.0522. The number of nitrogens with two attached hydrogens (primary N) is 1. The highest BCUT2D eigenvalue weighted by atomic mass is 16.5. The van der Waals surface area contributed by atoms with Crippen molar-refractivity contribution >= 4 is 17.0 Å². The van der Waals surface area contributed by atoms with Crippen LogP contribution in [0.4, 0.5) is 5.82 Å². The molecular weight excluding hydrogens is 512 g/mol. The number of rotatable bonds is 8. The summed E-state index contributed by atoms with van der Waals surface area (Å²) in [6.07, 6.45) is 7.46. The number of aromatic nitrogens is 5. The van der Waals surface area contributed by atoms with Crippen molar-refractivity contribution in [2.24, 2.45) is 0 Å². The van der Waals surface area contributed by atoms with E-state index in [9.17, 15) is 5.26 Å². The summed E-state index contributed by atoms with van der Waals surface area (Å²) in [5.41, 5.74) is 11.2. The zero-order chi connectivity index (χ0) is 28.2. The summed E-state index contributed by atoms with van der Waals surface area (Å²) >= 11 is 0. The molecule has 1 saturated heterocycles. The van der Waals surface area contributed by atoms with Crippen LogP contribution in [-0.2, 0) is 0 Å². The van der Waals surface area contributed by atoms with Crippen molar-refractivity contribution in [2.75, 3.05) is 18.8 Å². The van der Waals surface area contributed by atoms with Gasteiger partial charge in [-0.2, -0.15) is 5.26 Å². The van der Waals surface area contributed by atoms with Crippen LogP contribution in [0.1, 0.15) is 31.0 Å². The van der Waals surface area contributed by atoms with Gasteiger partial charge in [0.1, 0.15) is 23.3 Å². The fourth-order valence-electron chi connectivity index (χ4n) is 5.40. The molecule has 5 heterocycles.